The van der Waals surface area contributed by atoms with E-state index in [9.17, 15) is 22.8 Å². The third-order valence-electron chi connectivity index (χ3n) is 2.35. The molecule has 0 aliphatic heterocycles. The zero-order valence-corrected chi connectivity index (χ0v) is 12.3. The molecule has 8 heteroatoms. The molecule has 0 radical (unpaired) electrons. The van der Waals surface area contributed by atoms with Gasteiger partial charge in [0.25, 0.3) is 0 Å². The van der Waals surface area contributed by atoms with Gasteiger partial charge in [0.15, 0.2) is 0 Å². The molecule has 122 valence electrons. The SMILES string of the molecule is CCOC(=O)c1cc(NC(=O)C(F)(F)F)ccc1OC(C)C. The van der Waals surface area contributed by atoms with E-state index in [1.54, 1.807) is 26.1 Å². The lowest BCUT2D eigenvalue weighted by Crippen LogP contribution is -2.30. The minimum absolute atomic E-state index is 0.0597. The van der Waals surface area contributed by atoms with Crippen LogP contribution in [-0.2, 0) is 9.53 Å². The van der Waals surface area contributed by atoms with Crippen LogP contribution in [0.3, 0.4) is 0 Å². The predicted molar refractivity (Wildman–Crippen MR) is 72.8 cm³/mol. The maximum atomic E-state index is 12.2. The average Bonchev–Trinajstić information content (AvgIpc) is 2.39. The van der Waals surface area contributed by atoms with Gasteiger partial charge in [0.2, 0.25) is 0 Å². The Bertz CT molecular complexity index is 556. The maximum Gasteiger partial charge on any atom is 0.471 e. The summed E-state index contributed by atoms with van der Waals surface area (Å²) in [4.78, 5) is 22.8. The van der Waals surface area contributed by atoms with E-state index in [-0.39, 0.29) is 29.7 Å². The highest BCUT2D eigenvalue weighted by Crippen LogP contribution is 2.26. The highest BCUT2D eigenvalue weighted by Gasteiger charge is 2.38. The van der Waals surface area contributed by atoms with Gasteiger partial charge in [-0.15, -0.1) is 0 Å². The van der Waals surface area contributed by atoms with Crippen molar-refractivity contribution in [1.82, 2.24) is 0 Å². The first-order valence-corrected chi connectivity index (χ1v) is 6.51. The standard InChI is InChI=1S/C14H16F3NO4/c1-4-21-12(19)10-7-9(18-13(20)14(15,16)17)5-6-11(10)22-8(2)3/h5-8H,4H2,1-3H3,(H,18,20). The summed E-state index contributed by atoms with van der Waals surface area (Å²) in [5, 5.41) is 1.67. The van der Waals surface area contributed by atoms with Crippen LogP contribution in [0.4, 0.5) is 18.9 Å². The number of halogens is 3. The fraction of sp³-hybridized carbons (Fsp3) is 0.429. The first-order chi connectivity index (χ1) is 10.1. The van der Waals surface area contributed by atoms with Gasteiger partial charge in [-0.3, -0.25) is 4.79 Å². The molecular weight excluding hydrogens is 303 g/mol. The number of amides is 1. The molecule has 1 N–H and O–H groups in total. The molecule has 0 saturated heterocycles. The van der Waals surface area contributed by atoms with Crippen molar-refractivity contribution in [2.24, 2.45) is 0 Å². The van der Waals surface area contributed by atoms with E-state index in [2.05, 4.69) is 0 Å². The highest BCUT2D eigenvalue weighted by molar-refractivity contribution is 5.98. The Morgan fingerprint density at radius 2 is 1.91 bits per heavy atom. The van der Waals surface area contributed by atoms with Crippen molar-refractivity contribution in [3.05, 3.63) is 23.8 Å². The summed E-state index contributed by atoms with van der Waals surface area (Å²) in [6.07, 6.45) is -5.26. The number of nitrogens with one attached hydrogen (secondary N) is 1. The fourth-order valence-electron chi connectivity index (χ4n) is 1.53. The largest absolute Gasteiger partial charge is 0.490 e. The van der Waals surface area contributed by atoms with Crippen LogP contribution < -0.4 is 10.1 Å². The van der Waals surface area contributed by atoms with E-state index in [0.29, 0.717) is 0 Å². The summed E-state index contributed by atoms with van der Waals surface area (Å²) in [6.45, 7) is 5.15. The number of hydrogen-bond donors (Lipinski definition) is 1. The molecule has 0 fully saturated rings. The van der Waals surface area contributed by atoms with Gasteiger partial charge in [0.1, 0.15) is 11.3 Å². The molecule has 0 aliphatic rings. The lowest BCUT2D eigenvalue weighted by atomic mass is 10.1. The van der Waals surface area contributed by atoms with Gasteiger partial charge in [-0.25, -0.2) is 4.79 Å². The molecule has 0 spiro atoms. The minimum Gasteiger partial charge on any atom is -0.490 e. The Morgan fingerprint density at radius 3 is 2.41 bits per heavy atom. The number of anilines is 1. The summed E-state index contributed by atoms with van der Waals surface area (Å²) in [7, 11) is 0. The average molecular weight is 319 g/mol. The van der Waals surface area contributed by atoms with Gasteiger partial charge >= 0.3 is 18.1 Å². The second kappa shape index (κ2) is 7.15. The third-order valence-corrected chi connectivity index (χ3v) is 2.35. The lowest BCUT2D eigenvalue weighted by Gasteiger charge is -2.15. The Labute approximate surface area is 125 Å². The fourth-order valence-corrected chi connectivity index (χ4v) is 1.53. The van der Waals surface area contributed by atoms with Gasteiger partial charge in [-0.2, -0.15) is 13.2 Å². The Kier molecular flexibility index (Phi) is 5.78. The van der Waals surface area contributed by atoms with Crippen LogP contribution >= 0.6 is 0 Å². The molecule has 1 amide bonds. The topological polar surface area (TPSA) is 64.6 Å². The second-order valence-corrected chi connectivity index (χ2v) is 4.55. The molecule has 0 saturated carbocycles. The molecular formula is C14H16F3NO4. The Morgan fingerprint density at radius 1 is 1.27 bits per heavy atom. The number of rotatable bonds is 5. The van der Waals surface area contributed by atoms with Gasteiger partial charge in [0, 0.05) is 5.69 Å². The van der Waals surface area contributed by atoms with Crippen molar-refractivity contribution in [1.29, 1.82) is 0 Å². The van der Waals surface area contributed by atoms with Gasteiger partial charge in [0.05, 0.1) is 12.7 Å². The molecule has 1 aromatic carbocycles. The van der Waals surface area contributed by atoms with Crippen LogP contribution in [0.25, 0.3) is 0 Å². The summed E-state index contributed by atoms with van der Waals surface area (Å²) in [5.74, 6) is -2.71. The molecule has 0 aromatic heterocycles. The minimum atomic E-state index is -5.02. The zero-order valence-electron chi connectivity index (χ0n) is 12.3. The second-order valence-electron chi connectivity index (χ2n) is 4.55. The van der Waals surface area contributed by atoms with Crippen molar-refractivity contribution in [2.45, 2.75) is 33.1 Å². The van der Waals surface area contributed by atoms with Crippen LogP contribution in [0.2, 0.25) is 0 Å². The van der Waals surface area contributed by atoms with E-state index >= 15 is 0 Å². The molecule has 0 bridgehead atoms. The maximum absolute atomic E-state index is 12.2. The first-order valence-electron chi connectivity index (χ1n) is 6.51. The van der Waals surface area contributed by atoms with Crippen molar-refractivity contribution in [2.75, 3.05) is 11.9 Å². The van der Waals surface area contributed by atoms with Crippen molar-refractivity contribution in [3.63, 3.8) is 0 Å². The predicted octanol–water partition coefficient (Wildman–Crippen LogP) is 3.15. The normalized spacial score (nSPS) is 11.2. The van der Waals surface area contributed by atoms with E-state index in [1.165, 1.54) is 12.1 Å². The van der Waals surface area contributed by atoms with E-state index < -0.39 is 18.1 Å². The molecule has 1 rings (SSSR count). The third kappa shape index (κ3) is 4.94. The quantitative estimate of drug-likeness (QED) is 0.847. The summed E-state index contributed by atoms with van der Waals surface area (Å²) in [6, 6.07) is 3.60. The molecule has 0 unspecified atom stereocenters. The molecule has 0 heterocycles. The highest BCUT2D eigenvalue weighted by atomic mass is 19.4. The van der Waals surface area contributed by atoms with Crippen LogP contribution in [0.15, 0.2) is 18.2 Å². The first kappa shape index (κ1) is 17.8. The van der Waals surface area contributed by atoms with E-state index in [1.807, 2.05) is 0 Å². The molecule has 0 atom stereocenters. The van der Waals surface area contributed by atoms with Crippen LogP contribution in [0.1, 0.15) is 31.1 Å². The smallest absolute Gasteiger partial charge is 0.471 e. The molecule has 5 nitrogen and oxygen atoms in total. The van der Waals surface area contributed by atoms with Crippen molar-refractivity contribution < 1.29 is 32.2 Å². The lowest BCUT2D eigenvalue weighted by molar-refractivity contribution is -0.167. The summed E-state index contributed by atoms with van der Waals surface area (Å²) < 4.78 is 46.9. The van der Waals surface area contributed by atoms with Gasteiger partial charge < -0.3 is 14.8 Å². The zero-order chi connectivity index (χ0) is 16.9. The van der Waals surface area contributed by atoms with Crippen molar-refractivity contribution in [3.8, 4) is 5.75 Å². The monoisotopic (exact) mass is 319 g/mol. The molecule has 22 heavy (non-hydrogen) atoms. The Balaban J connectivity index is 3.10. The number of esters is 1. The van der Waals surface area contributed by atoms with Crippen molar-refractivity contribution >= 4 is 17.6 Å². The number of hydrogen-bond acceptors (Lipinski definition) is 4. The number of carbonyl (C=O) groups is 2. The van der Waals surface area contributed by atoms with E-state index in [4.69, 9.17) is 9.47 Å². The van der Waals surface area contributed by atoms with Gasteiger partial charge in [-0.1, -0.05) is 0 Å². The van der Waals surface area contributed by atoms with E-state index in [0.717, 1.165) is 6.07 Å². The number of ether oxygens (including phenoxy) is 2. The number of carbonyl (C=O) groups excluding carboxylic acids is 2. The molecule has 1 aromatic rings. The summed E-state index contributed by atoms with van der Waals surface area (Å²) >= 11 is 0. The van der Waals surface area contributed by atoms with Crippen LogP contribution in [-0.4, -0.2) is 30.8 Å². The number of alkyl halides is 3. The summed E-state index contributed by atoms with van der Waals surface area (Å²) in [5.41, 5.74) is -0.239. The van der Waals surface area contributed by atoms with Crippen LogP contribution in [0, 0.1) is 0 Å². The van der Waals surface area contributed by atoms with Gasteiger partial charge in [-0.05, 0) is 39.0 Å². The van der Waals surface area contributed by atoms with Crippen LogP contribution in [0.5, 0.6) is 5.75 Å². The Hall–Kier alpha value is -2.25. The molecule has 0 aliphatic carbocycles. The number of benzene rings is 1.